The quantitative estimate of drug-likeness (QED) is 0.671. The summed E-state index contributed by atoms with van der Waals surface area (Å²) in [5.74, 6) is 0.661. The van der Waals surface area contributed by atoms with Gasteiger partial charge in [0.2, 0.25) is 0 Å². The normalized spacial score (nSPS) is 16.9. The number of aliphatic hydroxyl groups excluding tert-OH is 2. The second-order valence-corrected chi connectivity index (χ2v) is 15.3. The van der Waals surface area contributed by atoms with Crippen LogP contribution in [0.15, 0.2) is 0 Å². The highest BCUT2D eigenvalue weighted by Crippen LogP contribution is 2.26. The van der Waals surface area contributed by atoms with Crippen molar-refractivity contribution in [3.8, 4) is 0 Å². The molecule has 0 aromatic rings. The molecule has 3 nitrogen and oxygen atoms in total. The first-order valence-corrected chi connectivity index (χ1v) is 12.8. The van der Waals surface area contributed by atoms with Gasteiger partial charge in [0.15, 0.2) is 16.6 Å². The molecule has 0 aliphatic heterocycles. The van der Waals surface area contributed by atoms with Gasteiger partial charge in [-0.25, -0.2) is 0 Å². The molecule has 5 heteroatoms. The van der Waals surface area contributed by atoms with Crippen molar-refractivity contribution in [1.29, 1.82) is 0 Å². The molecule has 2 N–H and O–H groups in total. The first kappa shape index (κ1) is 17.3. The summed E-state index contributed by atoms with van der Waals surface area (Å²) in [6, 6.07) is 2.01. The van der Waals surface area contributed by atoms with Crippen molar-refractivity contribution in [3.05, 3.63) is 0 Å². The Kier molecular flexibility index (Phi) is 7.17. The maximum Gasteiger partial charge on any atom is 0.173 e. The van der Waals surface area contributed by atoms with Gasteiger partial charge in [-0.2, -0.15) is 0 Å². The summed E-state index contributed by atoms with van der Waals surface area (Å²) in [6.07, 6.45) is 0. The number of hydrogen-bond donors (Lipinski definition) is 2. The fraction of sp³-hybridized carbons (Fsp3) is 1.00. The molecular weight excluding hydrogens is 248 g/mol. The molecule has 0 saturated heterocycles. The third-order valence-corrected chi connectivity index (χ3v) is 10.6. The molecule has 0 amide bonds. The van der Waals surface area contributed by atoms with E-state index in [4.69, 9.17) is 14.3 Å². The second-order valence-electron chi connectivity index (χ2n) is 6.61. The van der Waals surface area contributed by atoms with Crippen LogP contribution >= 0.6 is 0 Å². The second kappa shape index (κ2) is 7.04. The molecule has 0 aliphatic rings. The first-order chi connectivity index (χ1) is 7.62. The molecule has 0 aliphatic carbocycles. The zero-order valence-electron chi connectivity index (χ0n) is 12.3. The average Bonchev–Trinajstić information content (AvgIpc) is 2.13. The molecule has 104 valence electrons. The third-order valence-electron chi connectivity index (χ3n) is 2.86. The van der Waals surface area contributed by atoms with Gasteiger partial charge in [0.1, 0.15) is 0 Å². The Morgan fingerprint density at radius 3 is 1.35 bits per heavy atom. The number of hydrogen-bond acceptors (Lipinski definition) is 3. The highest BCUT2D eigenvalue weighted by Gasteiger charge is 2.34. The summed E-state index contributed by atoms with van der Waals surface area (Å²) < 4.78 is 6.43. The first-order valence-electron chi connectivity index (χ1n) is 6.54. The van der Waals surface area contributed by atoms with E-state index in [1.807, 2.05) is 0 Å². The van der Waals surface area contributed by atoms with Crippen molar-refractivity contribution >= 4 is 16.6 Å². The van der Waals surface area contributed by atoms with Gasteiger partial charge in [-0.05, 0) is 50.1 Å². The van der Waals surface area contributed by atoms with Crippen LogP contribution in [-0.4, -0.2) is 40.1 Å². The van der Waals surface area contributed by atoms with Crippen LogP contribution in [0.1, 0.15) is 13.8 Å². The van der Waals surface area contributed by atoms with Crippen LogP contribution in [-0.2, 0) is 4.12 Å². The molecule has 0 rings (SSSR count). The minimum atomic E-state index is -1.68. The molecule has 0 bridgehead atoms. The largest absolute Gasteiger partial charge is 0.455 e. The van der Waals surface area contributed by atoms with Crippen molar-refractivity contribution in [2.75, 3.05) is 13.2 Å². The van der Waals surface area contributed by atoms with Crippen molar-refractivity contribution in [1.82, 2.24) is 0 Å². The van der Waals surface area contributed by atoms with E-state index < -0.39 is 16.6 Å². The number of aliphatic hydroxyl groups is 2. The SMILES string of the molecule is CC(CO)C[Si](C)(C)O[Si](C)(C)CC(C)CO. The fourth-order valence-corrected chi connectivity index (χ4v) is 12.9. The van der Waals surface area contributed by atoms with Crippen molar-refractivity contribution < 1.29 is 14.3 Å². The van der Waals surface area contributed by atoms with E-state index >= 15 is 0 Å². The van der Waals surface area contributed by atoms with E-state index in [1.54, 1.807) is 0 Å². The average molecular weight is 279 g/mol. The Labute approximate surface area is 108 Å². The topological polar surface area (TPSA) is 49.7 Å². The standard InChI is InChI=1S/C12H30O3Si2/c1-11(7-13)9-16(3,4)15-17(5,6)10-12(2)8-14/h11-14H,7-10H2,1-6H3. The summed E-state index contributed by atoms with van der Waals surface area (Å²) in [7, 11) is -3.36. The fourth-order valence-electron chi connectivity index (χ4n) is 2.64. The van der Waals surface area contributed by atoms with Crippen LogP contribution < -0.4 is 0 Å². The lowest BCUT2D eigenvalue weighted by Crippen LogP contribution is -2.46. The van der Waals surface area contributed by atoms with E-state index in [-0.39, 0.29) is 13.2 Å². The monoisotopic (exact) mass is 278 g/mol. The summed E-state index contributed by atoms with van der Waals surface area (Å²) in [5.41, 5.74) is 0. The summed E-state index contributed by atoms with van der Waals surface area (Å²) in [5, 5.41) is 18.2. The van der Waals surface area contributed by atoms with Crippen LogP contribution in [0.4, 0.5) is 0 Å². The van der Waals surface area contributed by atoms with Crippen LogP contribution in [0.5, 0.6) is 0 Å². The van der Waals surface area contributed by atoms with Gasteiger partial charge in [-0.15, -0.1) is 0 Å². The van der Waals surface area contributed by atoms with Crippen LogP contribution in [0, 0.1) is 11.8 Å². The summed E-state index contributed by atoms with van der Waals surface area (Å²) in [6.45, 7) is 13.6. The molecule has 0 aromatic carbocycles. The predicted molar refractivity (Wildman–Crippen MR) is 78.2 cm³/mol. The van der Waals surface area contributed by atoms with E-state index in [0.29, 0.717) is 11.8 Å². The van der Waals surface area contributed by atoms with Gasteiger partial charge in [0.05, 0.1) is 0 Å². The molecule has 2 atom stereocenters. The highest BCUT2D eigenvalue weighted by atomic mass is 28.4. The molecule has 0 fully saturated rings. The Morgan fingerprint density at radius 1 is 0.824 bits per heavy atom. The lowest BCUT2D eigenvalue weighted by Gasteiger charge is -2.36. The van der Waals surface area contributed by atoms with Crippen LogP contribution in [0.3, 0.4) is 0 Å². The molecule has 0 aromatic heterocycles. The summed E-state index contributed by atoms with van der Waals surface area (Å²) in [4.78, 5) is 0. The van der Waals surface area contributed by atoms with Crippen molar-refractivity contribution in [2.45, 2.75) is 52.1 Å². The zero-order chi connectivity index (χ0) is 13.7. The van der Waals surface area contributed by atoms with Gasteiger partial charge in [-0.3, -0.25) is 0 Å². The molecule has 0 radical (unpaired) electrons. The van der Waals surface area contributed by atoms with Crippen molar-refractivity contribution in [2.24, 2.45) is 11.8 Å². The van der Waals surface area contributed by atoms with Gasteiger partial charge < -0.3 is 14.3 Å². The summed E-state index contributed by atoms with van der Waals surface area (Å²) >= 11 is 0. The minimum absolute atomic E-state index is 0.245. The molecule has 0 saturated carbocycles. The van der Waals surface area contributed by atoms with Gasteiger partial charge in [0.25, 0.3) is 0 Å². The van der Waals surface area contributed by atoms with Crippen molar-refractivity contribution in [3.63, 3.8) is 0 Å². The lowest BCUT2D eigenvalue weighted by atomic mass is 10.2. The molecular formula is C12H30O3Si2. The Bertz CT molecular complexity index is 198. The smallest absolute Gasteiger partial charge is 0.173 e. The molecule has 0 spiro atoms. The predicted octanol–water partition coefficient (Wildman–Crippen LogP) is 2.67. The molecule has 2 unspecified atom stereocenters. The zero-order valence-corrected chi connectivity index (χ0v) is 14.3. The van der Waals surface area contributed by atoms with Crippen LogP contribution in [0.25, 0.3) is 0 Å². The highest BCUT2D eigenvalue weighted by molar-refractivity contribution is 6.84. The minimum Gasteiger partial charge on any atom is -0.455 e. The molecule has 17 heavy (non-hydrogen) atoms. The van der Waals surface area contributed by atoms with E-state index in [2.05, 4.69) is 40.0 Å². The maximum absolute atomic E-state index is 9.12. The lowest BCUT2D eigenvalue weighted by molar-refractivity contribution is 0.241. The molecule has 0 heterocycles. The Hall–Kier alpha value is 0.314. The van der Waals surface area contributed by atoms with Crippen LogP contribution in [0.2, 0.25) is 38.3 Å². The van der Waals surface area contributed by atoms with E-state index in [9.17, 15) is 0 Å². The van der Waals surface area contributed by atoms with Gasteiger partial charge in [0, 0.05) is 13.2 Å². The van der Waals surface area contributed by atoms with Gasteiger partial charge >= 0.3 is 0 Å². The maximum atomic E-state index is 9.12. The van der Waals surface area contributed by atoms with E-state index in [0.717, 1.165) is 12.1 Å². The number of rotatable bonds is 8. The Balaban J connectivity index is 4.36. The third kappa shape index (κ3) is 8.10. The Morgan fingerprint density at radius 2 is 1.12 bits per heavy atom. The van der Waals surface area contributed by atoms with Gasteiger partial charge in [-0.1, -0.05) is 13.8 Å². The van der Waals surface area contributed by atoms with E-state index in [1.165, 1.54) is 0 Å².